The topological polar surface area (TPSA) is 58.6 Å². The van der Waals surface area contributed by atoms with E-state index in [0.29, 0.717) is 32.0 Å². The average Bonchev–Trinajstić information content (AvgIpc) is 2.67. The number of anilines is 1. The first-order valence-electron chi connectivity index (χ1n) is 8.26. The van der Waals surface area contributed by atoms with E-state index in [9.17, 15) is 4.79 Å². The van der Waals surface area contributed by atoms with Crippen LogP contribution in [-0.2, 0) is 11.3 Å². The molecule has 0 bridgehead atoms. The Bertz CT molecular complexity index is 654. The fourth-order valence-corrected chi connectivity index (χ4v) is 2.68. The van der Waals surface area contributed by atoms with E-state index < -0.39 is 0 Å². The van der Waals surface area contributed by atoms with Crippen molar-refractivity contribution in [1.82, 2.24) is 14.9 Å². The number of benzene rings is 1. The van der Waals surface area contributed by atoms with Gasteiger partial charge in [0.15, 0.2) is 0 Å². The van der Waals surface area contributed by atoms with E-state index in [0.717, 1.165) is 18.9 Å². The van der Waals surface area contributed by atoms with E-state index in [1.807, 2.05) is 18.2 Å². The zero-order chi connectivity index (χ0) is 16.8. The number of rotatable bonds is 5. The van der Waals surface area contributed by atoms with Crippen LogP contribution in [0.2, 0.25) is 0 Å². The molecule has 0 radical (unpaired) electrons. The number of carbonyl (C=O) groups is 1. The van der Waals surface area contributed by atoms with Crippen molar-refractivity contribution in [3.05, 3.63) is 54.0 Å². The zero-order valence-corrected chi connectivity index (χ0v) is 13.9. The standard InChI is InChI=1S/C18H22N4O2/c1-2-21(14-15-6-4-3-5-7-15)17-13-19-16(12-20-17)18(23)22-8-10-24-11-9-22/h3-7,12-13H,2,8-11,14H2,1H3. The van der Waals surface area contributed by atoms with Gasteiger partial charge >= 0.3 is 0 Å². The van der Waals surface area contributed by atoms with E-state index in [1.54, 1.807) is 17.3 Å². The molecule has 0 saturated carbocycles. The van der Waals surface area contributed by atoms with Crippen molar-refractivity contribution in [2.24, 2.45) is 0 Å². The number of hydrogen-bond acceptors (Lipinski definition) is 5. The Labute approximate surface area is 142 Å². The Hall–Kier alpha value is -2.47. The van der Waals surface area contributed by atoms with Crippen LogP contribution in [0.5, 0.6) is 0 Å². The highest BCUT2D eigenvalue weighted by Gasteiger charge is 2.20. The first-order valence-corrected chi connectivity index (χ1v) is 8.26. The fraction of sp³-hybridized carbons (Fsp3) is 0.389. The van der Waals surface area contributed by atoms with E-state index in [2.05, 4.69) is 33.9 Å². The summed E-state index contributed by atoms with van der Waals surface area (Å²) < 4.78 is 5.27. The van der Waals surface area contributed by atoms with Crippen LogP contribution in [0.25, 0.3) is 0 Å². The lowest BCUT2D eigenvalue weighted by atomic mass is 10.2. The van der Waals surface area contributed by atoms with Gasteiger partial charge in [-0.25, -0.2) is 9.97 Å². The van der Waals surface area contributed by atoms with Gasteiger partial charge in [0, 0.05) is 26.2 Å². The number of morpholine rings is 1. The van der Waals surface area contributed by atoms with Crippen molar-refractivity contribution in [2.75, 3.05) is 37.7 Å². The SMILES string of the molecule is CCN(Cc1ccccc1)c1cnc(C(=O)N2CCOCC2)cn1. The Morgan fingerprint density at radius 2 is 1.92 bits per heavy atom. The maximum absolute atomic E-state index is 12.4. The minimum absolute atomic E-state index is 0.0801. The third-order valence-corrected chi connectivity index (χ3v) is 4.08. The highest BCUT2D eigenvalue weighted by molar-refractivity contribution is 5.92. The lowest BCUT2D eigenvalue weighted by Gasteiger charge is -2.26. The number of ether oxygens (including phenoxy) is 1. The molecule has 0 atom stereocenters. The Kier molecular flexibility index (Phi) is 5.38. The van der Waals surface area contributed by atoms with E-state index in [1.165, 1.54) is 5.56 Å². The van der Waals surface area contributed by atoms with Crippen molar-refractivity contribution in [3.63, 3.8) is 0 Å². The van der Waals surface area contributed by atoms with Gasteiger partial charge in [-0.2, -0.15) is 0 Å². The van der Waals surface area contributed by atoms with Gasteiger partial charge in [0.2, 0.25) is 0 Å². The minimum Gasteiger partial charge on any atom is -0.378 e. The van der Waals surface area contributed by atoms with Gasteiger partial charge in [0.05, 0.1) is 25.6 Å². The number of nitrogens with zero attached hydrogens (tertiary/aromatic N) is 4. The van der Waals surface area contributed by atoms with Gasteiger partial charge in [-0.15, -0.1) is 0 Å². The third kappa shape index (κ3) is 3.89. The van der Waals surface area contributed by atoms with Gasteiger partial charge in [-0.3, -0.25) is 4.79 Å². The summed E-state index contributed by atoms with van der Waals surface area (Å²) in [6, 6.07) is 10.2. The molecule has 1 saturated heterocycles. The molecule has 2 aromatic rings. The molecule has 1 aromatic heterocycles. The molecule has 0 aliphatic carbocycles. The predicted molar refractivity (Wildman–Crippen MR) is 91.9 cm³/mol. The van der Waals surface area contributed by atoms with Gasteiger partial charge < -0.3 is 14.5 Å². The maximum Gasteiger partial charge on any atom is 0.274 e. The van der Waals surface area contributed by atoms with Crippen LogP contribution in [0, 0.1) is 0 Å². The normalized spacial score (nSPS) is 14.5. The second-order valence-electron chi connectivity index (χ2n) is 5.66. The van der Waals surface area contributed by atoms with Crippen LogP contribution in [0.15, 0.2) is 42.7 Å². The maximum atomic E-state index is 12.4. The monoisotopic (exact) mass is 326 g/mol. The highest BCUT2D eigenvalue weighted by atomic mass is 16.5. The quantitative estimate of drug-likeness (QED) is 0.841. The molecule has 126 valence electrons. The molecule has 1 aromatic carbocycles. The number of hydrogen-bond donors (Lipinski definition) is 0. The number of carbonyl (C=O) groups excluding carboxylic acids is 1. The lowest BCUT2D eigenvalue weighted by Crippen LogP contribution is -2.41. The Morgan fingerprint density at radius 3 is 2.54 bits per heavy atom. The molecule has 3 rings (SSSR count). The summed E-state index contributed by atoms with van der Waals surface area (Å²) in [5.41, 5.74) is 1.60. The van der Waals surface area contributed by atoms with E-state index >= 15 is 0 Å². The molecule has 0 unspecified atom stereocenters. The lowest BCUT2D eigenvalue weighted by molar-refractivity contribution is 0.0298. The molecule has 2 heterocycles. The van der Waals surface area contributed by atoms with E-state index in [-0.39, 0.29) is 5.91 Å². The molecule has 6 nitrogen and oxygen atoms in total. The first-order chi connectivity index (χ1) is 11.8. The van der Waals surface area contributed by atoms with Crippen molar-refractivity contribution >= 4 is 11.7 Å². The van der Waals surface area contributed by atoms with Crippen LogP contribution in [0.4, 0.5) is 5.82 Å². The molecule has 0 spiro atoms. The molecule has 0 N–H and O–H groups in total. The zero-order valence-electron chi connectivity index (χ0n) is 13.9. The Balaban J connectivity index is 1.69. The van der Waals surface area contributed by atoms with Crippen molar-refractivity contribution < 1.29 is 9.53 Å². The van der Waals surface area contributed by atoms with Crippen molar-refractivity contribution in [1.29, 1.82) is 0 Å². The van der Waals surface area contributed by atoms with Crippen LogP contribution in [-0.4, -0.2) is 53.6 Å². The summed E-state index contributed by atoms with van der Waals surface area (Å²) in [7, 11) is 0. The van der Waals surface area contributed by atoms with Gasteiger partial charge in [-0.05, 0) is 12.5 Å². The van der Waals surface area contributed by atoms with Crippen LogP contribution < -0.4 is 4.90 Å². The van der Waals surface area contributed by atoms with Gasteiger partial charge in [-0.1, -0.05) is 30.3 Å². The minimum atomic E-state index is -0.0801. The molecule has 24 heavy (non-hydrogen) atoms. The third-order valence-electron chi connectivity index (χ3n) is 4.08. The van der Waals surface area contributed by atoms with E-state index in [4.69, 9.17) is 4.74 Å². The van der Waals surface area contributed by atoms with Crippen molar-refractivity contribution in [3.8, 4) is 0 Å². The summed E-state index contributed by atoms with van der Waals surface area (Å²) in [6.07, 6.45) is 3.25. The first kappa shape index (κ1) is 16.4. The summed E-state index contributed by atoms with van der Waals surface area (Å²) in [5.74, 6) is 0.698. The predicted octanol–water partition coefficient (Wildman–Crippen LogP) is 1.98. The summed E-state index contributed by atoms with van der Waals surface area (Å²) >= 11 is 0. The molecule has 1 amide bonds. The molecule has 6 heteroatoms. The van der Waals surface area contributed by atoms with Gasteiger partial charge in [0.25, 0.3) is 5.91 Å². The van der Waals surface area contributed by atoms with Gasteiger partial charge in [0.1, 0.15) is 11.5 Å². The molecule has 1 fully saturated rings. The highest BCUT2D eigenvalue weighted by Crippen LogP contribution is 2.14. The second kappa shape index (κ2) is 7.88. The van der Waals surface area contributed by atoms with Crippen LogP contribution in [0.1, 0.15) is 23.0 Å². The largest absolute Gasteiger partial charge is 0.378 e. The second-order valence-corrected chi connectivity index (χ2v) is 5.66. The fourth-order valence-electron chi connectivity index (χ4n) is 2.68. The number of amides is 1. The van der Waals surface area contributed by atoms with Crippen LogP contribution >= 0.6 is 0 Å². The van der Waals surface area contributed by atoms with Crippen molar-refractivity contribution in [2.45, 2.75) is 13.5 Å². The summed E-state index contributed by atoms with van der Waals surface area (Å²) in [4.78, 5) is 25.1. The number of aromatic nitrogens is 2. The molecule has 1 aliphatic heterocycles. The Morgan fingerprint density at radius 1 is 1.17 bits per heavy atom. The van der Waals surface area contributed by atoms with Crippen LogP contribution in [0.3, 0.4) is 0 Å². The molecule has 1 aliphatic rings. The molecular formula is C18H22N4O2. The summed E-state index contributed by atoms with van der Waals surface area (Å²) in [5, 5.41) is 0. The molecular weight excluding hydrogens is 304 g/mol. The smallest absolute Gasteiger partial charge is 0.274 e. The summed E-state index contributed by atoms with van der Waals surface area (Å²) in [6.45, 7) is 6.05. The average molecular weight is 326 g/mol.